The Kier molecular flexibility index (Phi) is 2.08. The molecule has 1 aromatic heterocycles. The summed E-state index contributed by atoms with van der Waals surface area (Å²) in [5.74, 6) is -1.02. The first-order valence-corrected chi connectivity index (χ1v) is 4.14. The van der Waals surface area contributed by atoms with Crippen LogP contribution in [0.5, 0.6) is 0 Å². The SMILES string of the molecule is O=C=Nc1ccc2[nH]c(C(=O)O)cc2c1. The van der Waals surface area contributed by atoms with E-state index in [0.717, 1.165) is 0 Å². The molecule has 0 amide bonds. The third-order valence-corrected chi connectivity index (χ3v) is 2.01. The molecule has 2 N–H and O–H groups in total. The fourth-order valence-corrected chi connectivity index (χ4v) is 1.36. The maximum absolute atomic E-state index is 10.7. The molecule has 2 rings (SSSR count). The maximum atomic E-state index is 10.7. The van der Waals surface area contributed by atoms with Gasteiger partial charge < -0.3 is 10.1 Å². The summed E-state index contributed by atoms with van der Waals surface area (Å²) < 4.78 is 0. The molecule has 0 bridgehead atoms. The highest BCUT2D eigenvalue weighted by Gasteiger charge is 2.07. The number of nitrogens with zero attached hydrogens (tertiary/aromatic N) is 1. The van der Waals surface area contributed by atoms with Crippen LogP contribution in [-0.4, -0.2) is 22.1 Å². The van der Waals surface area contributed by atoms with E-state index in [0.29, 0.717) is 16.6 Å². The number of H-pyrrole nitrogens is 1. The average Bonchev–Trinajstić information content (AvgIpc) is 2.61. The van der Waals surface area contributed by atoms with E-state index in [1.165, 1.54) is 12.1 Å². The summed E-state index contributed by atoms with van der Waals surface area (Å²) in [5, 5.41) is 9.44. The van der Waals surface area contributed by atoms with Gasteiger partial charge in [0.1, 0.15) is 5.69 Å². The summed E-state index contributed by atoms with van der Waals surface area (Å²) in [7, 11) is 0. The Bertz CT molecular complexity index is 579. The molecule has 5 nitrogen and oxygen atoms in total. The fraction of sp³-hybridized carbons (Fsp3) is 0. The van der Waals surface area contributed by atoms with Crippen LogP contribution in [0.15, 0.2) is 29.3 Å². The van der Waals surface area contributed by atoms with Crippen molar-refractivity contribution in [3.63, 3.8) is 0 Å². The monoisotopic (exact) mass is 202 g/mol. The van der Waals surface area contributed by atoms with Crippen molar-refractivity contribution in [1.29, 1.82) is 0 Å². The second-order valence-corrected chi connectivity index (χ2v) is 2.96. The van der Waals surface area contributed by atoms with Gasteiger partial charge >= 0.3 is 5.97 Å². The molecule has 0 aliphatic rings. The first-order chi connectivity index (χ1) is 7.20. The Labute approximate surface area is 84.1 Å². The molecule has 5 heteroatoms. The predicted molar refractivity (Wildman–Crippen MR) is 53.0 cm³/mol. The molecule has 1 heterocycles. The molecule has 0 radical (unpaired) electrons. The third-order valence-electron chi connectivity index (χ3n) is 2.01. The molecule has 0 fully saturated rings. The number of fused-ring (bicyclic) bond motifs is 1. The van der Waals surface area contributed by atoms with Gasteiger partial charge in [0.2, 0.25) is 6.08 Å². The number of nitrogens with one attached hydrogen (secondary N) is 1. The molecule has 0 unspecified atom stereocenters. The van der Waals surface area contributed by atoms with Crippen molar-refractivity contribution in [2.45, 2.75) is 0 Å². The number of carbonyl (C=O) groups is 1. The quantitative estimate of drug-likeness (QED) is 0.575. The van der Waals surface area contributed by atoms with Gasteiger partial charge in [-0.05, 0) is 24.3 Å². The Morgan fingerprint density at radius 1 is 1.40 bits per heavy atom. The Morgan fingerprint density at radius 2 is 2.20 bits per heavy atom. The summed E-state index contributed by atoms with van der Waals surface area (Å²) in [6, 6.07) is 6.37. The van der Waals surface area contributed by atoms with E-state index in [4.69, 9.17) is 5.11 Å². The van der Waals surface area contributed by atoms with Crippen molar-refractivity contribution in [2.75, 3.05) is 0 Å². The van der Waals surface area contributed by atoms with E-state index < -0.39 is 5.97 Å². The number of carbonyl (C=O) groups excluding carboxylic acids is 1. The summed E-state index contributed by atoms with van der Waals surface area (Å²) in [5.41, 5.74) is 1.25. The van der Waals surface area contributed by atoms with Gasteiger partial charge in [-0.15, -0.1) is 0 Å². The minimum absolute atomic E-state index is 0.109. The summed E-state index contributed by atoms with van der Waals surface area (Å²) in [6.07, 6.45) is 1.43. The molecule has 0 saturated carbocycles. The zero-order valence-corrected chi connectivity index (χ0v) is 7.52. The fourth-order valence-electron chi connectivity index (χ4n) is 1.36. The van der Waals surface area contributed by atoms with Crippen molar-refractivity contribution in [3.8, 4) is 0 Å². The number of isocyanates is 1. The van der Waals surface area contributed by atoms with Crippen LogP contribution in [0.3, 0.4) is 0 Å². The second kappa shape index (κ2) is 3.40. The van der Waals surface area contributed by atoms with Crippen molar-refractivity contribution >= 4 is 28.6 Å². The van der Waals surface area contributed by atoms with Gasteiger partial charge in [0, 0.05) is 10.9 Å². The van der Waals surface area contributed by atoms with Crippen molar-refractivity contribution in [2.24, 2.45) is 4.99 Å². The molecule has 0 spiro atoms. The summed E-state index contributed by atoms with van der Waals surface area (Å²) in [6.45, 7) is 0. The molecule has 0 saturated heterocycles. The molecular weight excluding hydrogens is 196 g/mol. The standard InChI is InChI=1S/C10H6N2O3/c13-5-11-7-1-2-8-6(3-7)4-9(12-8)10(14)15/h1-4,12H,(H,14,15). The lowest BCUT2D eigenvalue weighted by atomic mass is 10.2. The summed E-state index contributed by atoms with van der Waals surface area (Å²) in [4.78, 5) is 26.9. The van der Waals surface area contributed by atoms with Crippen LogP contribution in [-0.2, 0) is 4.79 Å². The molecule has 0 aliphatic heterocycles. The first kappa shape index (κ1) is 9.18. The number of carboxylic acid groups (broad SMARTS) is 1. The molecule has 1 aromatic carbocycles. The van der Waals surface area contributed by atoms with E-state index in [-0.39, 0.29) is 5.69 Å². The van der Waals surface area contributed by atoms with Crippen molar-refractivity contribution < 1.29 is 14.7 Å². The number of aromatic carboxylic acids is 1. The molecule has 0 aliphatic carbocycles. The highest BCUT2D eigenvalue weighted by atomic mass is 16.4. The largest absolute Gasteiger partial charge is 0.477 e. The number of aromatic amines is 1. The van der Waals surface area contributed by atoms with Crippen molar-refractivity contribution in [3.05, 3.63) is 30.0 Å². The number of aromatic nitrogens is 1. The maximum Gasteiger partial charge on any atom is 0.352 e. The molecule has 2 aromatic rings. The van der Waals surface area contributed by atoms with Gasteiger partial charge in [-0.1, -0.05) is 0 Å². The number of benzene rings is 1. The van der Waals surface area contributed by atoms with Crippen molar-refractivity contribution in [1.82, 2.24) is 4.98 Å². The van der Waals surface area contributed by atoms with Gasteiger partial charge in [0.15, 0.2) is 0 Å². The molecule has 0 atom stereocenters. The van der Waals surface area contributed by atoms with Gasteiger partial charge in [0.05, 0.1) is 5.69 Å². The van der Waals surface area contributed by atoms with E-state index in [2.05, 4.69) is 9.98 Å². The van der Waals surface area contributed by atoms with E-state index in [1.54, 1.807) is 18.2 Å². The first-order valence-electron chi connectivity index (χ1n) is 4.14. The highest BCUT2D eigenvalue weighted by molar-refractivity contribution is 5.94. The lowest BCUT2D eigenvalue weighted by Crippen LogP contribution is -1.94. The topological polar surface area (TPSA) is 82.5 Å². The zero-order valence-electron chi connectivity index (χ0n) is 7.52. The number of rotatable bonds is 2. The number of hydrogen-bond donors (Lipinski definition) is 2. The van der Waals surface area contributed by atoms with Gasteiger partial charge in [-0.3, -0.25) is 0 Å². The minimum Gasteiger partial charge on any atom is -0.477 e. The molecule has 74 valence electrons. The number of hydrogen-bond acceptors (Lipinski definition) is 3. The smallest absolute Gasteiger partial charge is 0.352 e. The Balaban J connectivity index is 2.61. The van der Waals surface area contributed by atoms with E-state index in [1.807, 2.05) is 0 Å². The van der Waals surface area contributed by atoms with Crippen LogP contribution in [0.4, 0.5) is 5.69 Å². The third kappa shape index (κ3) is 1.63. The predicted octanol–water partition coefficient (Wildman–Crippen LogP) is 1.83. The number of aliphatic imine (C=N–C) groups is 1. The minimum atomic E-state index is -1.02. The highest BCUT2D eigenvalue weighted by Crippen LogP contribution is 2.21. The van der Waals surface area contributed by atoms with Crippen LogP contribution >= 0.6 is 0 Å². The lowest BCUT2D eigenvalue weighted by molar-refractivity contribution is 0.0691. The van der Waals surface area contributed by atoms with Gasteiger partial charge in [0.25, 0.3) is 0 Å². The second-order valence-electron chi connectivity index (χ2n) is 2.96. The van der Waals surface area contributed by atoms with Crippen LogP contribution in [0.2, 0.25) is 0 Å². The van der Waals surface area contributed by atoms with Crippen LogP contribution in [0.1, 0.15) is 10.5 Å². The van der Waals surface area contributed by atoms with Crippen LogP contribution < -0.4 is 0 Å². The zero-order chi connectivity index (χ0) is 10.8. The number of carboxylic acids is 1. The van der Waals surface area contributed by atoms with Crippen LogP contribution in [0, 0.1) is 0 Å². The Morgan fingerprint density at radius 3 is 2.87 bits per heavy atom. The average molecular weight is 202 g/mol. The van der Waals surface area contributed by atoms with Gasteiger partial charge in [-0.2, -0.15) is 4.99 Å². The Hall–Kier alpha value is -2.39. The van der Waals surface area contributed by atoms with Gasteiger partial charge in [-0.25, -0.2) is 9.59 Å². The van der Waals surface area contributed by atoms with E-state index >= 15 is 0 Å². The summed E-state index contributed by atoms with van der Waals surface area (Å²) >= 11 is 0. The lowest BCUT2D eigenvalue weighted by Gasteiger charge is -1.90. The molecular formula is C10H6N2O3. The normalized spacial score (nSPS) is 9.87. The van der Waals surface area contributed by atoms with E-state index in [9.17, 15) is 9.59 Å². The molecule has 15 heavy (non-hydrogen) atoms. The van der Waals surface area contributed by atoms with Crippen LogP contribution in [0.25, 0.3) is 10.9 Å².